The number of amides is 2. The van der Waals surface area contributed by atoms with E-state index in [9.17, 15) is 9.59 Å². The fourth-order valence-corrected chi connectivity index (χ4v) is 3.29. The van der Waals surface area contributed by atoms with Crippen LogP contribution in [-0.2, 0) is 11.2 Å². The third-order valence-electron chi connectivity index (χ3n) is 3.70. The highest BCUT2D eigenvalue weighted by Crippen LogP contribution is 2.21. The van der Waals surface area contributed by atoms with Gasteiger partial charge in [-0.2, -0.15) is 0 Å². The first kappa shape index (κ1) is 15.9. The minimum atomic E-state index is -0.0368. The summed E-state index contributed by atoms with van der Waals surface area (Å²) in [6.07, 6.45) is 2.16. The van der Waals surface area contributed by atoms with Crippen molar-refractivity contribution in [2.75, 3.05) is 33.7 Å². The normalized spacial score (nSPS) is 16.0. The molecule has 116 valence electrons. The topological polar surface area (TPSA) is 79.5 Å². The fraction of sp³-hybridized carbons (Fsp3) is 0.643. The second kappa shape index (κ2) is 7.00. The van der Waals surface area contributed by atoms with E-state index in [0.717, 1.165) is 17.8 Å². The number of hydrogen-bond donors (Lipinski definition) is 1. The van der Waals surface area contributed by atoms with Crippen molar-refractivity contribution in [3.63, 3.8) is 0 Å². The van der Waals surface area contributed by atoms with Gasteiger partial charge in [-0.1, -0.05) is 0 Å². The van der Waals surface area contributed by atoms with Gasteiger partial charge in [-0.3, -0.25) is 9.59 Å². The molecule has 0 bridgehead atoms. The lowest BCUT2D eigenvalue weighted by Crippen LogP contribution is -2.42. The molecule has 7 heteroatoms. The largest absolute Gasteiger partial charge is 0.349 e. The summed E-state index contributed by atoms with van der Waals surface area (Å²) in [5, 5.41) is 2.70. The zero-order valence-corrected chi connectivity index (χ0v) is 13.4. The Labute approximate surface area is 128 Å². The van der Waals surface area contributed by atoms with Crippen molar-refractivity contribution >= 4 is 23.2 Å². The Morgan fingerprint density at radius 3 is 2.67 bits per heavy atom. The molecule has 0 saturated carbocycles. The molecule has 1 aliphatic rings. The molecule has 1 aliphatic heterocycles. The van der Waals surface area contributed by atoms with Gasteiger partial charge in [-0.15, -0.1) is 11.3 Å². The van der Waals surface area contributed by atoms with Crippen LogP contribution in [0.1, 0.15) is 28.3 Å². The molecule has 0 radical (unpaired) electrons. The molecule has 0 aromatic carbocycles. The fourth-order valence-electron chi connectivity index (χ4n) is 2.50. The number of nitrogens with two attached hydrogens (primary N) is 1. The van der Waals surface area contributed by atoms with Gasteiger partial charge in [-0.25, -0.2) is 4.98 Å². The van der Waals surface area contributed by atoms with Gasteiger partial charge in [0.05, 0.1) is 5.01 Å². The molecule has 1 aromatic heterocycles. The predicted molar refractivity (Wildman–Crippen MR) is 82.2 cm³/mol. The predicted octanol–water partition coefficient (Wildman–Crippen LogP) is 0.585. The van der Waals surface area contributed by atoms with E-state index in [4.69, 9.17) is 5.73 Å². The average Bonchev–Trinajstić information content (AvgIpc) is 2.95. The summed E-state index contributed by atoms with van der Waals surface area (Å²) in [6.45, 7) is 1.78. The summed E-state index contributed by atoms with van der Waals surface area (Å²) in [4.78, 5) is 32.0. The zero-order valence-electron chi connectivity index (χ0n) is 12.5. The Morgan fingerprint density at radius 2 is 2.10 bits per heavy atom. The first-order valence-electron chi connectivity index (χ1n) is 7.18. The molecular formula is C14H22N4O2S. The van der Waals surface area contributed by atoms with Crippen LogP contribution in [0.2, 0.25) is 0 Å². The number of rotatable bonds is 4. The van der Waals surface area contributed by atoms with E-state index < -0.39 is 0 Å². The smallest absolute Gasteiger partial charge is 0.273 e. The lowest BCUT2D eigenvalue weighted by atomic mass is 9.95. The minimum Gasteiger partial charge on any atom is -0.349 e. The average molecular weight is 310 g/mol. The van der Waals surface area contributed by atoms with E-state index in [-0.39, 0.29) is 17.7 Å². The standard InChI is InChI=1S/C14H22N4O2S/c1-17(2)13(19)10-4-7-18(8-5-10)14(20)11-9-21-12(16-11)3-6-15/h9-10H,3-8,15H2,1-2H3. The first-order valence-corrected chi connectivity index (χ1v) is 8.05. The molecule has 0 spiro atoms. The quantitative estimate of drug-likeness (QED) is 0.882. The molecule has 0 aliphatic carbocycles. The van der Waals surface area contributed by atoms with E-state index in [1.54, 1.807) is 29.3 Å². The molecule has 2 amide bonds. The number of piperidine rings is 1. The van der Waals surface area contributed by atoms with Gasteiger partial charge >= 0.3 is 0 Å². The molecule has 2 N–H and O–H groups in total. The van der Waals surface area contributed by atoms with Gasteiger partial charge < -0.3 is 15.5 Å². The molecule has 1 fully saturated rings. The zero-order chi connectivity index (χ0) is 15.4. The molecule has 2 heterocycles. The number of thiazole rings is 1. The number of carbonyl (C=O) groups excluding carboxylic acids is 2. The molecule has 1 aromatic rings. The van der Waals surface area contributed by atoms with Crippen molar-refractivity contribution < 1.29 is 9.59 Å². The highest BCUT2D eigenvalue weighted by atomic mass is 32.1. The van der Waals surface area contributed by atoms with Crippen molar-refractivity contribution in [3.8, 4) is 0 Å². The summed E-state index contributed by atoms with van der Waals surface area (Å²) >= 11 is 1.48. The first-order chi connectivity index (χ1) is 10.0. The van der Waals surface area contributed by atoms with Crippen LogP contribution in [0, 0.1) is 5.92 Å². The van der Waals surface area contributed by atoms with E-state index in [0.29, 0.717) is 31.7 Å². The molecule has 0 atom stereocenters. The molecule has 1 saturated heterocycles. The van der Waals surface area contributed by atoms with E-state index in [1.165, 1.54) is 11.3 Å². The maximum Gasteiger partial charge on any atom is 0.273 e. The van der Waals surface area contributed by atoms with Crippen molar-refractivity contribution in [2.24, 2.45) is 11.7 Å². The van der Waals surface area contributed by atoms with Crippen LogP contribution in [0.25, 0.3) is 0 Å². The monoisotopic (exact) mass is 310 g/mol. The summed E-state index contributed by atoms with van der Waals surface area (Å²) < 4.78 is 0. The number of likely N-dealkylation sites (tertiary alicyclic amines) is 1. The minimum absolute atomic E-state index is 0.0345. The molecule has 6 nitrogen and oxygen atoms in total. The van der Waals surface area contributed by atoms with E-state index >= 15 is 0 Å². The summed E-state index contributed by atoms with van der Waals surface area (Å²) in [7, 11) is 3.54. The second-order valence-electron chi connectivity index (χ2n) is 5.46. The highest BCUT2D eigenvalue weighted by Gasteiger charge is 2.29. The molecule has 21 heavy (non-hydrogen) atoms. The van der Waals surface area contributed by atoms with Crippen LogP contribution in [0.4, 0.5) is 0 Å². The van der Waals surface area contributed by atoms with Gasteiger partial charge in [-0.05, 0) is 19.4 Å². The Kier molecular flexibility index (Phi) is 5.30. The van der Waals surface area contributed by atoms with Gasteiger partial charge in [0.1, 0.15) is 5.69 Å². The van der Waals surface area contributed by atoms with Crippen LogP contribution < -0.4 is 5.73 Å². The van der Waals surface area contributed by atoms with Crippen molar-refractivity contribution in [2.45, 2.75) is 19.3 Å². The third-order valence-corrected chi connectivity index (χ3v) is 4.61. The Hall–Kier alpha value is -1.47. The Morgan fingerprint density at radius 1 is 1.43 bits per heavy atom. The van der Waals surface area contributed by atoms with Crippen LogP contribution in [0.3, 0.4) is 0 Å². The molecule has 2 rings (SSSR count). The van der Waals surface area contributed by atoms with Crippen molar-refractivity contribution in [3.05, 3.63) is 16.1 Å². The summed E-state index contributed by atoms with van der Waals surface area (Å²) in [5.41, 5.74) is 5.99. The molecule has 0 unspecified atom stereocenters. The highest BCUT2D eigenvalue weighted by molar-refractivity contribution is 7.09. The van der Waals surface area contributed by atoms with E-state index in [2.05, 4.69) is 4.98 Å². The second-order valence-corrected chi connectivity index (χ2v) is 6.41. The van der Waals surface area contributed by atoms with Crippen LogP contribution in [-0.4, -0.2) is 60.3 Å². The van der Waals surface area contributed by atoms with Gasteiger partial charge in [0.2, 0.25) is 5.91 Å². The van der Waals surface area contributed by atoms with Crippen molar-refractivity contribution in [1.82, 2.24) is 14.8 Å². The third kappa shape index (κ3) is 3.79. The lowest BCUT2D eigenvalue weighted by Gasteiger charge is -2.32. The van der Waals surface area contributed by atoms with Gasteiger partial charge in [0.25, 0.3) is 5.91 Å². The lowest BCUT2D eigenvalue weighted by molar-refractivity contribution is -0.134. The Bertz CT molecular complexity index is 507. The Balaban J connectivity index is 1.92. The van der Waals surface area contributed by atoms with Crippen LogP contribution in [0.5, 0.6) is 0 Å². The van der Waals surface area contributed by atoms with Crippen LogP contribution in [0.15, 0.2) is 5.38 Å². The molecular weight excluding hydrogens is 288 g/mol. The number of carbonyl (C=O) groups is 2. The van der Waals surface area contributed by atoms with Gasteiger partial charge in [0.15, 0.2) is 0 Å². The summed E-state index contributed by atoms with van der Waals surface area (Å²) in [5.74, 6) is 0.151. The summed E-state index contributed by atoms with van der Waals surface area (Å²) in [6, 6.07) is 0. The van der Waals surface area contributed by atoms with E-state index in [1.807, 2.05) is 0 Å². The number of hydrogen-bond acceptors (Lipinski definition) is 5. The van der Waals surface area contributed by atoms with Crippen molar-refractivity contribution in [1.29, 1.82) is 0 Å². The maximum atomic E-state index is 12.4. The van der Waals surface area contributed by atoms with Crippen LogP contribution >= 0.6 is 11.3 Å². The number of nitrogens with zero attached hydrogens (tertiary/aromatic N) is 3. The number of aromatic nitrogens is 1. The maximum absolute atomic E-state index is 12.4. The van der Waals surface area contributed by atoms with Gasteiger partial charge in [0, 0.05) is 44.9 Å². The SMILES string of the molecule is CN(C)C(=O)C1CCN(C(=O)c2csc(CCN)n2)CC1.